The van der Waals surface area contributed by atoms with E-state index in [2.05, 4.69) is 5.32 Å². The minimum absolute atomic E-state index is 0.0168. The molecule has 1 saturated heterocycles. The number of nitrogens with one attached hydrogen (secondary N) is 1. The van der Waals surface area contributed by atoms with Crippen LogP contribution >= 0.6 is 0 Å². The number of benzene rings is 1. The second-order valence-electron chi connectivity index (χ2n) is 5.79. The molecular formula is C17H26N2O3. The van der Waals surface area contributed by atoms with E-state index < -0.39 is 0 Å². The van der Waals surface area contributed by atoms with Gasteiger partial charge >= 0.3 is 6.03 Å². The number of para-hydroxylation sites is 2. The Hall–Kier alpha value is -1.91. The van der Waals surface area contributed by atoms with E-state index in [1.54, 1.807) is 0 Å². The van der Waals surface area contributed by atoms with Gasteiger partial charge in [-0.15, -0.1) is 0 Å². The molecule has 22 heavy (non-hydrogen) atoms. The Morgan fingerprint density at radius 1 is 1.27 bits per heavy atom. The zero-order chi connectivity index (χ0) is 15.9. The van der Waals surface area contributed by atoms with Crippen molar-refractivity contribution in [3.63, 3.8) is 0 Å². The first-order valence-electron chi connectivity index (χ1n) is 8.04. The summed E-state index contributed by atoms with van der Waals surface area (Å²) < 4.78 is 11.6. The highest BCUT2D eigenvalue weighted by atomic mass is 16.5. The van der Waals surface area contributed by atoms with Crippen LogP contribution in [0.25, 0.3) is 0 Å². The van der Waals surface area contributed by atoms with E-state index in [9.17, 15) is 4.79 Å². The van der Waals surface area contributed by atoms with Crippen LogP contribution in [0.1, 0.15) is 33.6 Å². The van der Waals surface area contributed by atoms with Gasteiger partial charge in [-0.05, 0) is 32.9 Å². The zero-order valence-corrected chi connectivity index (χ0v) is 13.7. The van der Waals surface area contributed by atoms with E-state index in [4.69, 9.17) is 9.47 Å². The average Bonchev–Trinajstić information content (AvgIpc) is 2.49. The number of hydrogen-bond acceptors (Lipinski definition) is 3. The summed E-state index contributed by atoms with van der Waals surface area (Å²) in [6, 6.07) is 7.93. The van der Waals surface area contributed by atoms with Crippen molar-refractivity contribution in [1.82, 2.24) is 10.2 Å². The van der Waals surface area contributed by atoms with Crippen LogP contribution in [0.5, 0.6) is 11.5 Å². The fourth-order valence-corrected chi connectivity index (χ4v) is 2.52. The van der Waals surface area contributed by atoms with Crippen molar-refractivity contribution < 1.29 is 14.3 Å². The van der Waals surface area contributed by atoms with Gasteiger partial charge in [0.1, 0.15) is 6.10 Å². The number of likely N-dealkylation sites (tertiary alicyclic amines) is 1. The third-order valence-corrected chi connectivity index (χ3v) is 3.58. The highest BCUT2D eigenvalue weighted by Crippen LogP contribution is 2.29. The van der Waals surface area contributed by atoms with Gasteiger partial charge in [0, 0.05) is 32.0 Å². The monoisotopic (exact) mass is 306 g/mol. The molecule has 0 saturated carbocycles. The van der Waals surface area contributed by atoms with Crippen molar-refractivity contribution in [1.29, 1.82) is 0 Å². The molecule has 1 aromatic rings. The predicted octanol–water partition coefficient (Wildman–Crippen LogP) is 3.05. The van der Waals surface area contributed by atoms with Crippen molar-refractivity contribution in [2.75, 3.05) is 19.7 Å². The maximum atomic E-state index is 12.0. The molecular weight excluding hydrogens is 280 g/mol. The number of carbonyl (C=O) groups is 1. The minimum Gasteiger partial charge on any atom is -0.490 e. The number of amides is 2. The van der Waals surface area contributed by atoms with E-state index in [0.29, 0.717) is 6.61 Å². The molecule has 1 fully saturated rings. The average molecular weight is 306 g/mol. The Morgan fingerprint density at radius 3 is 2.50 bits per heavy atom. The molecule has 1 aromatic carbocycles. The lowest BCUT2D eigenvalue weighted by Crippen LogP contribution is -2.48. The Balaban J connectivity index is 1.86. The van der Waals surface area contributed by atoms with E-state index in [1.165, 1.54) is 0 Å². The van der Waals surface area contributed by atoms with Crippen molar-refractivity contribution in [2.24, 2.45) is 0 Å². The highest BCUT2D eigenvalue weighted by molar-refractivity contribution is 5.74. The van der Waals surface area contributed by atoms with Crippen LogP contribution in [0.4, 0.5) is 4.79 Å². The van der Waals surface area contributed by atoms with Gasteiger partial charge in [-0.1, -0.05) is 12.1 Å². The molecule has 0 aliphatic carbocycles. The number of piperidine rings is 1. The molecule has 0 radical (unpaired) electrons. The first kappa shape index (κ1) is 16.5. The number of carbonyl (C=O) groups excluding carboxylic acids is 1. The second-order valence-corrected chi connectivity index (χ2v) is 5.79. The molecule has 5 nitrogen and oxygen atoms in total. The number of rotatable bonds is 5. The Morgan fingerprint density at radius 2 is 1.91 bits per heavy atom. The lowest BCUT2D eigenvalue weighted by Gasteiger charge is -2.33. The molecule has 0 bridgehead atoms. The maximum Gasteiger partial charge on any atom is 0.317 e. The summed E-state index contributed by atoms with van der Waals surface area (Å²) in [4.78, 5) is 13.8. The molecule has 0 spiro atoms. The Labute approximate surface area is 132 Å². The summed E-state index contributed by atoms with van der Waals surface area (Å²) in [5.74, 6) is 1.57. The van der Waals surface area contributed by atoms with Crippen LogP contribution in [-0.2, 0) is 0 Å². The third kappa shape index (κ3) is 4.55. The molecule has 2 amide bonds. The quantitative estimate of drug-likeness (QED) is 0.909. The van der Waals surface area contributed by atoms with E-state index in [1.807, 2.05) is 49.9 Å². The maximum absolute atomic E-state index is 12.0. The van der Waals surface area contributed by atoms with E-state index in [-0.39, 0.29) is 18.2 Å². The third-order valence-electron chi connectivity index (χ3n) is 3.58. The highest BCUT2D eigenvalue weighted by Gasteiger charge is 2.24. The van der Waals surface area contributed by atoms with Crippen molar-refractivity contribution in [3.05, 3.63) is 24.3 Å². The minimum atomic E-state index is 0.0168. The SMILES string of the molecule is CCOc1ccccc1OC1CCN(C(=O)NC(C)C)CC1. The molecule has 2 rings (SSSR count). The fraction of sp³-hybridized carbons (Fsp3) is 0.588. The van der Waals surface area contributed by atoms with Crippen LogP contribution in [0, 0.1) is 0 Å². The van der Waals surface area contributed by atoms with E-state index >= 15 is 0 Å². The predicted molar refractivity (Wildman–Crippen MR) is 86.5 cm³/mol. The van der Waals surface area contributed by atoms with Crippen molar-refractivity contribution in [2.45, 2.75) is 45.8 Å². The van der Waals surface area contributed by atoms with Gasteiger partial charge in [0.05, 0.1) is 6.61 Å². The molecule has 0 unspecified atom stereocenters. The lowest BCUT2D eigenvalue weighted by molar-refractivity contribution is 0.107. The first-order valence-corrected chi connectivity index (χ1v) is 8.04. The molecule has 1 aliphatic rings. The van der Waals surface area contributed by atoms with Gasteiger partial charge in [0.2, 0.25) is 0 Å². The molecule has 5 heteroatoms. The summed E-state index contributed by atoms with van der Waals surface area (Å²) in [6.07, 6.45) is 1.81. The molecule has 1 aliphatic heterocycles. The summed E-state index contributed by atoms with van der Waals surface area (Å²) in [6.45, 7) is 7.97. The molecule has 1 N–H and O–H groups in total. The summed E-state index contributed by atoms with van der Waals surface area (Å²) in [7, 11) is 0. The van der Waals surface area contributed by atoms with Crippen LogP contribution in [0.3, 0.4) is 0 Å². The molecule has 0 atom stereocenters. The van der Waals surface area contributed by atoms with Gasteiger partial charge < -0.3 is 19.7 Å². The number of nitrogens with zero attached hydrogens (tertiary/aromatic N) is 1. The normalized spacial score (nSPS) is 15.7. The van der Waals surface area contributed by atoms with Gasteiger partial charge in [0.25, 0.3) is 0 Å². The van der Waals surface area contributed by atoms with Crippen LogP contribution in [0.15, 0.2) is 24.3 Å². The second kappa shape index (κ2) is 7.92. The number of hydrogen-bond donors (Lipinski definition) is 1. The Kier molecular flexibility index (Phi) is 5.92. The van der Waals surface area contributed by atoms with Gasteiger partial charge in [-0.25, -0.2) is 4.79 Å². The Bertz CT molecular complexity index is 483. The standard InChI is InChI=1S/C17H26N2O3/c1-4-21-15-7-5-6-8-16(15)22-14-9-11-19(12-10-14)17(20)18-13(2)3/h5-8,13-14H,4,9-12H2,1-3H3,(H,18,20). The lowest BCUT2D eigenvalue weighted by atomic mass is 10.1. The summed E-state index contributed by atoms with van der Waals surface area (Å²) in [5.41, 5.74) is 0. The van der Waals surface area contributed by atoms with E-state index in [0.717, 1.165) is 37.4 Å². The van der Waals surface area contributed by atoms with Crippen LogP contribution in [-0.4, -0.2) is 42.8 Å². The van der Waals surface area contributed by atoms with Crippen LogP contribution in [0.2, 0.25) is 0 Å². The fourth-order valence-electron chi connectivity index (χ4n) is 2.52. The molecule has 1 heterocycles. The zero-order valence-electron chi connectivity index (χ0n) is 13.7. The largest absolute Gasteiger partial charge is 0.490 e. The summed E-state index contributed by atoms with van der Waals surface area (Å²) in [5, 5.41) is 2.93. The topological polar surface area (TPSA) is 50.8 Å². The van der Waals surface area contributed by atoms with Crippen LogP contribution < -0.4 is 14.8 Å². The van der Waals surface area contributed by atoms with Crippen molar-refractivity contribution in [3.8, 4) is 11.5 Å². The summed E-state index contributed by atoms with van der Waals surface area (Å²) >= 11 is 0. The van der Waals surface area contributed by atoms with Gasteiger partial charge in [-0.3, -0.25) is 0 Å². The smallest absolute Gasteiger partial charge is 0.317 e. The molecule has 122 valence electrons. The van der Waals surface area contributed by atoms with Gasteiger partial charge in [0.15, 0.2) is 11.5 Å². The number of ether oxygens (including phenoxy) is 2. The van der Waals surface area contributed by atoms with Gasteiger partial charge in [-0.2, -0.15) is 0 Å². The number of urea groups is 1. The first-order chi connectivity index (χ1) is 10.6. The van der Waals surface area contributed by atoms with Crippen molar-refractivity contribution >= 4 is 6.03 Å². The molecule has 0 aromatic heterocycles.